The second-order valence-corrected chi connectivity index (χ2v) is 5.92. The summed E-state index contributed by atoms with van der Waals surface area (Å²) in [5.74, 6) is 2.10. The summed E-state index contributed by atoms with van der Waals surface area (Å²) in [6.07, 6.45) is 6.81. The van der Waals surface area contributed by atoms with E-state index in [9.17, 15) is 0 Å². The van der Waals surface area contributed by atoms with E-state index in [0.717, 1.165) is 21.7 Å². The van der Waals surface area contributed by atoms with Crippen LogP contribution in [0.1, 0.15) is 37.3 Å². The van der Waals surface area contributed by atoms with Gasteiger partial charge in [-0.15, -0.1) is 0 Å². The number of hydrogen-bond acceptors (Lipinski definition) is 4. The van der Waals surface area contributed by atoms with Crippen LogP contribution in [0.5, 0.6) is 0 Å². The SMILES string of the molecule is CNc1cc(C2CCCC2)nc(-c2ncccc2Br)n1. The van der Waals surface area contributed by atoms with Gasteiger partial charge in [0.1, 0.15) is 11.5 Å². The smallest absolute Gasteiger partial charge is 0.181 e. The maximum absolute atomic E-state index is 4.75. The molecule has 2 aromatic rings. The summed E-state index contributed by atoms with van der Waals surface area (Å²) >= 11 is 3.52. The van der Waals surface area contributed by atoms with E-state index in [1.807, 2.05) is 19.2 Å². The van der Waals surface area contributed by atoms with Gasteiger partial charge in [-0.2, -0.15) is 0 Å². The van der Waals surface area contributed by atoms with Crippen LogP contribution in [-0.4, -0.2) is 22.0 Å². The third kappa shape index (κ3) is 2.68. The van der Waals surface area contributed by atoms with E-state index in [1.54, 1.807) is 6.20 Å². The van der Waals surface area contributed by atoms with Crippen molar-refractivity contribution in [1.29, 1.82) is 0 Å². The number of hydrogen-bond donors (Lipinski definition) is 1. The number of rotatable bonds is 3. The molecule has 1 N–H and O–H groups in total. The summed E-state index contributed by atoms with van der Waals surface area (Å²) < 4.78 is 0.922. The summed E-state index contributed by atoms with van der Waals surface area (Å²) in [6, 6.07) is 5.93. The fourth-order valence-electron chi connectivity index (χ4n) is 2.68. The van der Waals surface area contributed by atoms with Gasteiger partial charge in [0.25, 0.3) is 0 Å². The molecule has 0 saturated heterocycles. The van der Waals surface area contributed by atoms with Crippen molar-refractivity contribution < 1.29 is 0 Å². The van der Waals surface area contributed by atoms with Crippen molar-refractivity contribution >= 4 is 21.7 Å². The molecule has 4 nitrogen and oxygen atoms in total. The molecular formula is C15H17BrN4. The second-order valence-electron chi connectivity index (χ2n) is 5.07. The molecule has 0 spiro atoms. The molecular weight excluding hydrogens is 316 g/mol. The summed E-state index contributed by atoms with van der Waals surface area (Å²) in [5.41, 5.74) is 1.93. The quantitative estimate of drug-likeness (QED) is 0.922. The maximum Gasteiger partial charge on any atom is 0.181 e. The molecule has 0 radical (unpaired) electrons. The third-order valence-corrected chi connectivity index (χ3v) is 4.39. The molecule has 104 valence electrons. The molecule has 2 aromatic heterocycles. The predicted molar refractivity (Wildman–Crippen MR) is 83.7 cm³/mol. The molecule has 0 aliphatic heterocycles. The number of aromatic nitrogens is 3. The zero-order chi connectivity index (χ0) is 13.9. The van der Waals surface area contributed by atoms with Gasteiger partial charge in [0.15, 0.2) is 5.82 Å². The van der Waals surface area contributed by atoms with E-state index in [1.165, 1.54) is 25.7 Å². The van der Waals surface area contributed by atoms with Crippen LogP contribution in [-0.2, 0) is 0 Å². The van der Waals surface area contributed by atoms with Gasteiger partial charge in [0, 0.05) is 35.4 Å². The lowest BCUT2D eigenvalue weighted by Crippen LogP contribution is -2.04. The molecule has 5 heteroatoms. The Labute approximate surface area is 127 Å². The van der Waals surface area contributed by atoms with Gasteiger partial charge in [0.05, 0.1) is 0 Å². The lowest BCUT2D eigenvalue weighted by molar-refractivity contribution is 0.695. The van der Waals surface area contributed by atoms with Gasteiger partial charge < -0.3 is 5.32 Å². The Bertz CT molecular complexity index is 609. The molecule has 0 amide bonds. The summed E-state index contributed by atoms with van der Waals surface area (Å²) in [6.45, 7) is 0. The summed E-state index contributed by atoms with van der Waals surface area (Å²) in [5, 5.41) is 3.13. The maximum atomic E-state index is 4.75. The third-order valence-electron chi connectivity index (χ3n) is 3.75. The van der Waals surface area contributed by atoms with E-state index < -0.39 is 0 Å². The normalized spacial score (nSPS) is 15.5. The Morgan fingerprint density at radius 2 is 2.05 bits per heavy atom. The Morgan fingerprint density at radius 3 is 2.75 bits per heavy atom. The average molecular weight is 333 g/mol. The minimum atomic E-state index is 0.561. The fourth-order valence-corrected chi connectivity index (χ4v) is 3.11. The zero-order valence-electron chi connectivity index (χ0n) is 11.4. The molecule has 0 aromatic carbocycles. The van der Waals surface area contributed by atoms with Crippen LogP contribution in [0.15, 0.2) is 28.9 Å². The molecule has 3 rings (SSSR count). The van der Waals surface area contributed by atoms with E-state index >= 15 is 0 Å². The highest BCUT2D eigenvalue weighted by Crippen LogP contribution is 2.35. The molecule has 0 atom stereocenters. The van der Waals surface area contributed by atoms with Crippen LogP contribution in [0.25, 0.3) is 11.5 Å². The van der Waals surface area contributed by atoms with Crippen molar-refractivity contribution in [3.8, 4) is 11.5 Å². The lowest BCUT2D eigenvalue weighted by atomic mass is 10.0. The van der Waals surface area contributed by atoms with E-state index in [-0.39, 0.29) is 0 Å². The molecule has 20 heavy (non-hydrogen) atoms. The van der Waals surface area contributed by atoms with Crippen molar-refractivity contribution in [3.63, 3.8) is 0 Å². The Hall–Kier alpha value is -1.49. The van der Waals surface area contributed by atoms with Crippen molar-refractivity contribution in [1.82, 2.24) is 15.0 Å². The first kappa shape index (κ1) is 13.5. The standard InChI is InChI=1S/C15H17BrN4/c1-17-13-9-12(10-5-2-3-6-10)19-15(20-13)14-11(16)7-4-8-18-14/h4,7-10H,2-3,5-6H2,1H3,(H,17,19,20). The fraction of sp³-hybridized carbons (Fsp3) is 0.400. The highest BCUT2D eigenvalue weighted by atomic mass is 79.9. The lowest BCUT2D eigenvalue weighted by Gasteiger charge is -2.12. The van der Waals surface area contributed by atoms with Crippen LogP contribution in [0.2, 0.25) is 0 Å². The Kier molecular flexibility index (Phi) is 3.96. The van der Waals surface area contributed by atoms with Crippen molar-refractivity contribution in [3.05, 3.63) is 34.6 Å². The number of nitrogens with zero attached hydrogens (tertiary/aromatic N) is 3. The van der Waals surface area contributed by atoms with Crippen molar-refractivity contribution in [2.45, 2.75) is 31.6 Å². The van der Waals surface area contributed by atoms with E-state index in [4.69, 9.17) is 4.98 Å². The first-order valence-corrected chi connectivity index (χ1v) is 7.75. The Morgan fingerprint density at radius 1 is 1.25 bits per heavy atom. The Balaban J connectivity index is 2.06. The van der Waals surface area contributed by atoms with Gasteiger partial charge in [0.2, 0.25) is 0 Å². The first-order chi connectivity index (χ1) is 9.78. The molecule has 1 saturated carbocycles. The number of halogens is 1. The van der Waals surface area contributed by atoms with Crippen LogP contribution >= 0.6 is 15.9 Å². The van der Waals surface area contributed by atoms with Crippen LogP contribution < -0.4 is 5.32 Å². The van der Waals surface area contributed by atoms with Crippen molar-refractivity contribution in [2.24, 2.45) is 0 Å². The topological polar surface area (TPSA) is 50.7 Å². The molecule has 2 heterocycles. The predicted octanol–water partition coefficient (Wildman–Crippen LogP) is 4.00. The first-order valence-electron chi connectivity index (χ1n) is 6.95. The minimum absolute atomic E-state index is 0.561. The number of nitrogens with one attached hydrogen (secondary N) is 1. The monoisotopic (exact) mass is 332 g/mol. The van der Waals surface area contributed by atoms with Gasteiger partial charge in [-0.05, 0) is 40.9 Å². The van der Waals surface area contributed by atoms with Crippen LogP contribution in [0.4, 0.5) is 5.82 Å². The highest BCUT2D eigenvalue weighted by Gasteiger charge is 2.20. The zero-order valence-corrected chi connectivity index (χ0v) is 13.0. The average Bonchev–Trinajstić information content (AvgIpc) is 3.01. The second kappa shape index (κ2) is 5.87. The van der Waals surface area contributed by atoms with E-state index in [2.05, 4.69) is 37.3 Å². The molecule has 1 fully saturated rings. The van der Waals surface area contributed by atoms with Gasteiger partial charge in [-0.25, -0.2) is 9.97 Å². The van der Waals surface area contributed by atoms with Gasteiger partial charge in [-0.3, -0.25) is 4.98 Å². The minimum Gasteiger partial charge on any atom is -0.373 e. The van der Waals surface area contributed by atoms with Crippen LogP contribution in [0, 0.1) is 0 Å². The van der Waals surface area contributed by atoms with Gasteiger partial charge in [-0.1, -0.05) is 12.8 Å². The summed E-state index contributed by atoms with van der Waals surface area (Å²) in [7, 11) is 1.89. The van der Waals surface area contributed by atoms with Crippen LogP contribution in [0.3, 0.4) is 0 Å². The van der Waals surface area contributed by atoms with Gasteiger partial charge >= 0.3 is 0 Å². The molecule has 1 aliphatic rings. The molecule has 0 bridgehead atoms. The molecule has 1 aliphatic carbocycles. The van der Waals surface area contributed by atoms with E-state index in [0.29, 0.717) is 11.7 Å². The molecule has 0 unspecified atom stereocenters. The van der Waals surface area contributed by atoms with Crippen molar-refractivity contribution in [2.75, 3.05) is 12.4 Å². The largest absolute Gasteiger partial charge is 0.373 e. The highest BCUT2D eigenvalue weighted by molar-refractivity contribution is 9.10. The summed E-state index contributed by atoms with van der Waals surface area (Å²) in [4.78, 5) is 13.7. The number of pyridine rings is 1. The number of anilines is 1.